The number of phenolic OH excluding ortho intramolecular Hbond substituents is 1. The average molecular weight is 544 g/mol. The Morgan fingerprint density at radius 3 is 2.07 bits per heavy atom. The molecule has 0 saturated carbocycles. The Balaban J connectivity index is 1.46. The van der Waals surface area contributed by atoms with Crippen LogP contribution in [-0.2, 0) is 6.54 Å². The monoisotopic (exact) mass is 543 g/mol. The maximum atomic E-state index is 11.2. The van der Waals surface area contributed by atoms with Crippen LogP contribution in [0.3, 0.4) is 0 Å². The fourth-order valence-corrected chi connectivity index (χ4v) is 5.89. The van der Waals surface area contributed by atoms with Crippen LogP contribution in [0.25, 0.3) is 61.2 Å². The van der Waals surface area contributed by atoms with Crippen molar-refractivity contribution >= 4 is 27.5 Å². The normalized spacial score (nSPS) is 11.5. The maximum Gasteiger partial charge on any atom is 0.185 e. The van der Waals surface area contributed by atoms with E-state index in [9.17, 15) is 5.11 Å². The van der Waals surface area contributed by atoms with Gasteiger partial charge in [-0.05, 0) is 28.1 Å². The van der Waals surface area contributed by atoms with E-state index in [1.165, 1.54) is 5.56 Å². The second-order valence-corrected chi connectivity index (χ2v) is 10.4. The van der Waals surface area contributed by atoms with E-state index in [2.05, 4.69) is 77.4 Å². The van der Waals surface area contributed by atoms with Gasteiger partial charge in [0, 0.05) is 17.5 Å². The fourth-order valence-electron chi connectivity index (χ4n) is 5.89. The molecule has 0 fully saturated rings. The number of nitrogens with zero attached hydrogens (tertiary/aromatic N) is 5. The minimum Gasteiger partial charge on any atom is -0.507 e. The Morgan fingerprint density at radius 1 is 0.643 bits per heavy atom. The molecule has 8 aromatic rings. The zero-order valence-corrected chi connectivity index (χ0v) is 22.6. The highest BCUT2D eigenvalue weighted by Gasteiger charge is 2.25. The van der Waals surface area contributed by atoms with Crippen LogP contribution >= 0.6 is 0 Å². The third-order valence-corrected chi connectivity index (χ3v) is 7.81. The van der Waals surface area contributed by atoms with Gasteiger partial charge in [0.05, 0.1) is 16.6 Å². The molecule has 0 saturated heterocycles. The lowest BCUT2D eigenvalue weighted by Crippen LogP contribution is -2.03. The molecule has 5 aromatic carbocycles. The quantitative estimate of drug-likeness (QED) is 0.239. The number of rotatable bonds is 5. The van der Waals surface area contributed by atoms with Crippen LogP contribution in [0.4, 0.5) is 0 Å². The van der Waals surface area contributed by atoms with Crippen LogP contribution in [0.15, 0.2) is 134 Å². The van der Waals surface area contributed by atoms with Crippen molar-refractivity contribution in [2.45, 2.75) is 6.54 Å². The summed E-state index contributed by atoms with van der Waals surface area (Å²) in [5.41, 5.74) is 7.55. The number of hydrogen-bond donors (Lipinski definition) is 1. The molecule has 6 heteroatoms. The van der Waals surface area contributed by atoms with E-state index in [4.69, 9.17) is 15.1 Å². The van der Waals surface area contributed by atoms with Crippen LogP contribution < -0.4 is 0 Å². The van der Waals surface area contributed by atoms with Gasteiger partial charge in [-0.2, -0.15) is 0 Å². The molecule has 0 bridgehead atoms. The van der Waals surface area contributed by atoms with Crippen LogP contribution in [0.1, 0.15) is 5.56 Å². The fraction of sp³-hybridized carbons (Fsp3) is 0.0278. The standard InChI is InChI=1S/C36H25N5O/c42-33-28-19-11-10-14-25(28)20-21-29(33)34-38-36-31-30(26-15-6-2-7-16-26)32(27-17-8-3-9-18-27)40(22-24-12-4-1-5-13-24)35(31)37-23-41(36)39-34/h1-21,23,42H,22H2. The molecule has 0 radical (unpaired) electrons. The molecule has 3 aromatic heterocycles. The summed E-state index contributed by atoms with van der Waals surface area (Å²) in [6, 6.07) is 42.9. The lowest BCUT2D eigenvalue weighted by molar-refractivity contribution is 0.483. The van der Waals surface area contributed by atoms with Gasteiger partial charge in [0.2, 0.25) is 0 Å². The molecule has 200 valence electrons. The Hall–Kier alpha value is -5.75. The lowest BCUT2D eigenvalue weighted by atomic mass is 9.99. The number of phenols is 1. The summed E-state index contributed by atoms with van der Waals surface area (Å²) in [5, 5.41) is 18.7. The largest absolute Gasteiger partial charge is 0.507 e. The van der Waals surface area contributed by atoms with E-state index in [0.717, 1.165) is 44.2 Å². The van der Waals surface area contributed by atoms with Gasteiger partial charge in [-0.15, -0.1) is 5.10 Å². The van der Waals surface area contributed by atoms with Crippen LogP contribution in [0.5, 0.6) is 5.75 Å². The molecule has 0 atom stereocenters. The Morgan fingerprint density at radius 2 is 1.31 bits per heavy atom. The molecule has 42 heavy (non-hydrogen) atoms. The second-order valence-electron chi connectivity index (χ2n) is 10.4. The van der Waals surface area contributed by atoms with Crippen LogP contribution in [-0.4, -0.2) is 29.3 Å². The number of fused-ring (bicyclic) bond motifs is 4. The average Bonchev–Trinajstić information content (AvgIpc) is 3.62. The molecular weight excluding hydrogens is 518 g/mol. The zero-order valence-electron chi connectivity index (χ0n) is 22.6. The Kier molecular flexibility index (Phi) is 5.57. The van der Waals surface area contributed by atoms with Crippen LogP contribution in [0.2, 0.25) is 0 Å². The highest BCUT2D eigenvalue weighted by Crippen LogP contribution is 2.43. The minimum absolute atomic E-state index is 0.170. The summed E-state index contributed by atoms with van der Waals surface area (Å²) in [7, 11) is 0. The molecule has 0 aliphatic carbocycles. The SMILES string of the molecule is Oc1c(-c2nc3c4c(-c5ccccc5)c(-c5ccccc5)n(Cc5ccccc5)c4ncn3n2)ccc2ccccc12. The van der Waals surface area contributed by atoms with Gasteiger partial charge in [0.25, 0.3) is 0 Å². The van der Waals surface area contributed by atoms with Crippen LogP contribution in [0, 0.1) is 0 Å². The highest BCUT2D eigenvalue weighted by molar-refractivity contribution is 6.09. The second kappa shape index (κ2) is 9.71. The first-order valence-electron chi connectivity index (χ1n) is 13.9. The third-order valence-electron chi connectivity index (χ3n) is 7.81. The van der Waals surface area contributed by atoms with Crippen molar-refractivity contribution in [1.29, 1.82) is 0 Å². The van der Waals surface area contributed by atoms with E-state index in [1.807, 2.05) is 54.6 Å². The van der Waals surface area contributed by atoms with E-state index in [1.54, 1.807) is 10.8 Å². The van der Waals surface area contributed by atoms with Gasteiger partial charge >= 0.3 is 0 Å². The van der Waals surface area contributed by atoms with Crippen molar-refractivity contribution in [1.82, 2.24) is 24.1 Å². The molecule has 0 aliphatic rings. The molecule has 0 unspecified atom stereocenters. The van der Waals surface area contributed by atoms with E-state index in [0.29, 0.717) is 23.6 Å². The number of benzene rings is 5. The maximum absolute atomic E-state index is 11.2. The first-order chi connectivity index (χ1) is 20.8. The van der Waals surface area contributed by atoms with E-state index in [-0.39, 0.29) is 5.75 Å². The molecular formula is C36H25N5O. The van der Waals surface area contributed by atoms with Crippen molar-refractivity contribution in [2.75, 3.05) is 0 Å². The number of hydrogen-bond acceptors (Lipinski definition) is 4. The Bertz CT molecular complexity index is 2220. The summed E-state index contributed by atoms with van der Waals surface area (Å²) in [4.78, 5) is 10.0. The predicted molar refractivity (Wildman–Crippen MR) is 167 cm³/mol. The summed E-state index contributed by atoms with van der Waals surface area (Å²) in [6.45, 7) is 0.643. The predicted octanol–water partition coefficient (Wildman–Crippen LogP) is 7.99. The Labute approximate surface area is 241 Å². The lowest BCUT2D eigenvalue weighted by Gasteiger charge is -2.13. The molecule has 0 spiro atoms. The van der Waals surface area contributed by atoms with Crippen molar-refractivity contribution in [2.24, 2.45) is 0 Å². The summed E-state index contributed by atoms with van der Waals surface area (Å²) < 4.78 is 4.00. The van der Waals surface area contributed by atoms with Gasteiger partial charge in [0.15, 0.2) is 11.5 Å². The smallest absolute Gasteiger partial charge is 0.185 e. The first-order valence-corrected chi connectivity index (χ1v) is 13.9. The van der Waals surface area contributed by atoms with Gasteiger partial charge in [0.1, 0.15) is 17.7 Å². The number of aromatic nitrogens is 5. The van der Waals surface area contributed by atoms with Gasteiger partial charge in [-0.1, -0.05) is 121 Å². The first kappa shape index (κ1) is 24.1. The number of aromatic hydroxyl groups is 1. The molecule has 8 rings (SSSR count). The zero-order chi connectivity index (χ0) is 28.0. The highest BCUT2D eigenvalue weighted by atomic mass is 16.3. The van der Waals surface area contributed by atoms with E-state index >= 15 is 0 Å². The summed E-state index contributed by atoms with van der Waals surface area (Å²) in [5.74, 6) is 0.617. The minimum atomic E-state index is 0.170. The van der Waals surface area contributed by atoms with Gasteiger partial charge in [-0.3, -0.25) is 0 Å². The van der Waals surface area contributed by atoms with Gasteiger partial charge < -0.3 is 9.67 Å². The van der Waals surface area contributed by atoms with Crippen molar-refractivity contribution in [3.63, 3.8) is 0 Å². The van der Waals surface area contributed by atoms with E-state index < -0.39 is 0 Å². The topological polar surface area (TPSA) is 68.2 Å². The van der Waals surface area contributed by atoms with Crippen molar-refractivity contribution in [3.8, 4) is 39.5 Å². The molecule has 3 heterocycles. The molecule has 0 amide bonds. The molecule has 6 nitrogen and oxygen atoms in total. The summed E-state index contributed by atoms with van der Waals surface area (Å²) in [6.07, 6.45) is 1.72. The summed E-state index contributed by atoms with van der Waals surface area (Å²) >= 11 is 0. The van der Waals surface area contributed by atoms with Crippen molar-refractivity contribution in [3.05, 3.63) is 139 Å². The van der Waals surface area contributed by atoms with Gasteiger partial charge in [-0.25, -0.2) is 14.5 Å². The molecule has 1 N–H and O–H groups in total. The van der Waals surface area contributed by atoms with Crippen molar-refractivity contribution < 1.29 is 5.11 Å². The third kappa shape index (κ3) is 3.84. The molecule has 0 aliphatic heterocycles.